The summed E-state index contributed by atoms with van der Waals surface area (Å²) in [6, 6.07) is 13.1. The third kappa shape index (κ3) is 6.61. The van der Waals surface area contributed by atoms with Crippen LogP contribution < -0.4 is 10.1 Å². The SMILES string of the molecule is COc1cccc(CN(C(=O)Cc2cc(C)ccc2C)[C@H](C)C(=O)NC(C)(C)C)c1. The Kier molecular flexibility index (Phi) is 7.65. The molecule has 0 radical (unpaired) electrons. The van der Waals surface area contributed by atoms with Gasteiger partial charge in [-0.25, -0.2) is 0 Å². The lowest BCUT2D eigenvalue weighted by molar-refractivity contribution is -0.140. The number of rotatable bonds is 7. The number of hydrogen-bond donors (Lipinski definition) is 1. The number of aryl methyl sites for hydroxylation is 2. The van der Waals surface area contributed by atoms with Crippen LogP contribution in [0.2, 0.25) is 0 Å². The van der Waals surface area contributed by atoms with Crippen molar-refractivity contribution in [1.29, 1.82) is 0 Å². The normalized spacial score (nSPS) is 12.2. The number of methoxy groups -OCH3 is 1. The largest absolute Gasteiger partial charge is 0.497 e. The molecule has 1 atom stereocenters. The second kappa shape index (κ2) is 9.79. The molecule has 0 saturated carbocycles. The lowest BCUT2D eigenvalue weighted by Gasteiger charge is -2.31. The molecule has 0 aliphatic carbocycles. The fourth-order valence-electron chi connectivity index (χ4n) is 3.28. The van der Waals surface area contributed by atoms with Crippen molar-refractivity contribution in [3.8, 4) is 5.75 Å². The van der Waals surface area contributed by atoms with Gasteiger partial charge in [0, 0.05) is 12.1 Å². The van der Waals surface area contributed by atoms with Crippen molar-refractivity contribution in [2.24, 2.45) is 0 Å². The van der Waals surface area contributed by atoms with Crippen LogP contribution in [-0.4, -0.2) is 35.4 Å². The number of hydrogen-bond acceptors (Lipinski definition) is 3. The van der Waals surface area contributed by atoms with Gasteiger partial charge in [-0.15, -0.1) is 0 Å². The predicted octanol–water partition coefficient (Wildman–Crippen LogP) is 4.19. The minimum absolute atomic E-state index is 0.0805. The van der Waals surface area contributed by atoms with E-state index in [1.54, 1.807) is 18.9 Å². The summed E-state index contributed by atoms with van der Waals surface area (Å²) >= 11 is 0. The lowest BCUT2D eigenvalue weighted by atomic mass is 10.0. The maximum atomic E-state index is 13.4. The molecule has 2 aromatic carbocycles. The number of carbonyl (C=O) groups is 2. The Morgan fingerprint density at radius 1 is 1.10 bits per heavy atom. The number of amides is 2. The summed E-state index contributed by atoms with van der Waals surface area (Å²) < 4.78 is 5.31. The Morgan fingerprint density at radius 2 is 1.80 bits per heavy atom. The van der Waals surface area contributed by atoms with E-state index in [0.717, 1.165) is 28.0 Å². The van der Waals surface area contributed by atoms with Crippen molar-refractivity contribution in [1.82, 2.24) is 10.2 Å². The zero-order valence-corrected chi connectivity index (χ0v) is 19.2. The van der Waals surface area contributed by atoms with E-state index in [1.165, 1.54) is 0 Å². The van der Waals surface area contributed by atoms with Gasteiger partial charge in [-0.3, -0.25) is 9.59 Å². The van der Waals surface area contributed by atoms with Crippen LogP contribution in [-0.2, 0) is 22.6 Å². The van der Waals surface area contributed by atoms with Crippen LogP contribution in [0, 0.1) is 13.8 Å². The summed E-state index contributed by atoms with van der Waals surface area (Å²) in [5.74, 6) is 0.476. The maximum absolute atomic E-state index is 13.4. The quantitative estimate of drug-likeness (QED) is 0.745. The molecule has 162 valence electrons. The molecule has 5 nitrogen and oxygen atoms in total. The van der Waals surface area contributed by atoms with Crippen LogP contribution in [0.15, 0.2) is 42.5 Å². The topological polar surface area (TPSA) is 58.6 Å². The lowest BCUT2D eigenvalue weighted by Crippen LogP contribution is -2.52. The van der Waals surface area contributed by atoms with Gasteiger partial charge in [0.1, 0.15) is 11.8 Å². The number of carbonyl (C=O) groups excluding carboxylic acids is 2. The second-order valence-corrected chi connectivity index (χ2v) is 8.90. The Hall–Kier alpha value is -2.82. The van der Waals surface area contributed by atoms with Gasteiger partial charge >= 0.3 is 0 Å². The molecule has 0 fully saturated rings. The standard InChI is InChI=1S/C25H34N2O3/c1-17-11-12-18(2)21(13-17)15-23(28)27(19(3)24(29)26-25(4,5)6)16-20-9-8-10-22(14-20)30-7/h8-14,19H,15-16H2,1-7H3,(H,26,29)/t19-/m1/s1. The molecule has 2 aromatic rings. The average Bonchev–Trinajstić information content (AvgIpc) is 2.67. The molecule has 30 heavy (non-hydrogen) atoms. The molecular formula is C25H34N2O3. The van der Waals surface area contributed by atoms with E-state index in [4.69, 9.17) is 4.74 Å². The minimum atomic E-state index is -0.604. The molecule has 2 rings (SSSR count). The van der Waals surface area contributed by atoms with E-state index in [9.17, 15) is 9.59 Å². The Morgan fingerprint density at radius 3 is 2.43 bits per heavy atom. The van der Waals surface area contributed by atoms with Gasteiger partial charge in [-0.2, -0.15) is 0 Å². The van der Waals surface area contributed by atoms with Gasteiger partial charge < -0.3 is 15.0 Å². The molecule has 0 saturated heterocycles. The minimum Gasteiger partial charge on any atom is -0.497 e. The van der Waals surface area contributed by atoms with Crippen LogP contribution in [0.3, 0.4) is 0 Å². The summed E-state index contributed by atoms with van der Waals surface area (Å²) in [6.45, 7) is 11.9. The van der Waals surface area contributed by atoms with Gasteiger partial charge in [0.05, 0.1) is 13.5 Å². The van der Waals surface area contributed by atoms with E-state index < -0.39 is 6.04 Å². The van der Waals surface area contributed by atoms with Crippen LogP contribution >= 0.6 is 0 Å². The highest BCUT2D eigenvalue weighted by molar-refractivity contribution is 5.88. The van der Waals surface area contributed by atoms with Crippen LogP contribution in [0.4, 0.5) is 0 Å². The summed E-state index contributed by atoms with van der Waals surface area (Å²) in [5.41, 5.74) is 3.71. The Balaban J connectivity index is 2.32. The number of nitrogens with zero attached hydrogens (tertiary/aromatic N) is 1. The zero-order chi connectivity index (χ0) is 22.5. The third-order valence-corrected chi connectivity index (χ3v) is 5.00. The maximum Gasteiger partial charge on any atom is 0.242 e. The number of nitrogens with one attached hydrogen (secondary N) is 1. The molecule has 2 amide bonds. The van der Waals surface area contributed by atoms with Gasteiger partial charge in [0.15, 0.2) is 0 Å². The van der Waals surface area contributed by atoms with Gasteiger partial charge in [0.25, 0.3) is 0 Å². The van der Waals surface area contributed by atoms with Gasteiger partial charge in [0.2, 0.25) is 11.8 Å². The molecule has 0 spiro atoms. The molecule has 0 aromatic heterocycles. The van der Waals surface area contributed by atoms with E-state index >= 15 is 0 Å². The molecule has 0 unspecified atom stereocenters. The first-order valence-electron chi connectivity index (χ1n) is 10.3. The van der Waals surface area contributed by atoms with Crippen molar-refractivity contribution < 1.29 is 14.3 Å². The fraction of sp³-hybridized carbons (Fsp3) is 0.440. The molecule has 0 bridgehead atoms. The highest BCUT2D eigenvalue weighted by Crippen LogP contribution is 2.19. The van der Waals surface area contributed by atoms with Crippen LogP contribution in [0.5, 0.6) is 5.75 Å². The molecule has 5 heteroatoms. The Labute approximate surface area is 180 Å². The zero-order valence-electron chi connectivity index (χ0n) is 19.2. The first-order valence-corrected chi connectivity index (χ1v) is 10.3. The van der Waals surface area contributed by atoms with Crippen molar-refractivity contribution >= 4 is 11.8 Å². The van der Waals surface area contributed by atoms with E-state index in [1.807, 2.05) is 77.1 Å². The predicted molar refractivity (Wildman–Crippen MR) is 121 cm³/mol. The van der Waals surface area contributed by atoms with Gasteiger partial charge in [-0.1, -0.05) is 35.9 Å². The van der Waals surface area contributed by atoms with Crippen molar-refractivity contribution in [2.45, 2.75) is 66.1 Å². The van der Waals surface area contributed by atoms with Crippen LogP contribution in [0.1, 0.15) is 49.9 Å². The average molecular weight is 411 g/mol. The Bertz CT molecular complexity index is 900. The molecule has 0 heterocycles. The molecule has 0 aliphatic heterocycles. The summed E-state index contributed by atoms with van der Waals surface area (Å²) in [4.78, 5) is 27.9. The molecular weight excluding hydrogens is 376 g/mol. The first kappa shape index (κ1) is 23.5. The molecule has 1 N–H and O–H groups in total. The van der Waals surface area contributed by atoms with Crippen molar-refractivity contribution in [2.75, 3.05) is 7.11 Å². The third-order valence-electron chi connectivity index (χ3n) is 5.00. The smallest absolute Gasteiger partial charge is 0.242 e. The van der Waals surface area contributed by atoms with E-state index in [0.29, 0.717) is 6.54 Å². The molecule has 0 aliphatic rings. The highest BCUT2D eigenvalue weighted by atomic mass is 16.5. The fourth-order valence-corrected chi connectivity index (χ4v) is 3.28. The van der Waals surface area contributed by atoms with E-state index in [2.05, 4.69) is 5.32 Å². The van der Waals surface area contributed by atoms with E-state index in [-0.39, 0.29) is 23.8 Å². The monoisotopic (exact) mass is 410 g/mol. The van der Waals surface area contributed by atoms with Crippen LogP contribution in [0.25, 0.3) is 0 Å². The number of ether oxygens (including phenoxy) is 1. The summed E-state index contributed by atoms with van der Waals surface area (Å²) in [7, 11) is 1.61. The summed E-state index contributed by atoms with van der Waals surface area (Å²) in [6.07, 6.45) is 0.255. The number of benzene rings is 2. The highest BCUT2D eigenvalue weighted by Gasteiger charge is 2.28. The first-order chi connectivity index (χ1) is 14.0. The van der Waals surface area contributed by atoms with Gasteiger partial charge in [-0.05, 0) is 70.4 Å². The second-order valence-electron chi connectivity index (χ2n) is 8.90. The summed E-state index contributed by atoms with van der Waals surface area (Å²) in [5, 5.41) is 2.99. The van der Waals surface area contributed by atoms with Crippen molar-refractivity contribution in [3.05, 3.63) is 64.7 Å². The van der Waals surface area contributed by atoms with Crippen molar-refractivity contribution in [3.63, 3.8) is 0 Å².